The third-order valence-corrected chi connectivity index (χ3v) is 2.53. The lowest BCUT2D eigenvalue weighted by Gasteiger charge is -2.17. The van der Waals surface area contributed by atoms with Gasteiger partial charge in [-0.15, -0.1) is 0 Å². The molecule has 13 heavy (non-hydrogen) atoms. The molecule has 1 amide bonds. The van der Waals surface area contributed by atoms with Crippen LogP contribution in [0.4, 0.5) is 0 Å². The highest BCUT2D eigenvalue weighted by Crippen LogP contribution is 2.26. The van der Waals surface area contributed by atoms with Gasteiger partial charge < -0.3 is 10.1 Å². The van der Waals surface area contributed by atoms with Crippen LogP contribution in [-0.4, -0.2) is 25.5 Å². The summed E-state index contributed by atoms with van der Waals surface area (Å²) < 4.78 is 4.59. The monoisotopic (exact) mass is 185 g/mol. The summed E-state index contributed by atoms with van der Waals surface area (Å²) in [5.74, 6) is -0.854. The van der Waals surface area contributed by atoms with Gasteiger partial charge in [0.25, 0.3) is 0 Å². The molecule has 4 nitrogen and oxygen atoms in total. The van der Waals surface area contributed by atoms with Crippen molar-refractivity contribution < 1.29 is 14.3 Å². The molecule has 4 heteroatoms. The number of ether oxygens (including phenoxy) is 1. The summed E-state index contributed by atoms with van der Waals surface area (Å²) in [5, 5.41) is 2.68. The van der Waals surface area contributed by atoms with Gasteiger partial charge in [0.2, 0.25) is 5.91 Å². The first-order valence-electron chi connectivity index (χ1n) is 4.43. The van der Waals surface area contributed by atoms with E-state index < -0.39 is 11.9 Å². The van der Waals surface area contributed by atoms with Crippen LogP contribution in [0.1, 0.15) is 13.8 Å². The quantitative estimate of drug-likeness (QED) is 0.493. The van der Waals surface area contributed by atoms with Gasteiger partial charge in [-0.2, -0.15) is 0 Å². The smallest absolute Gasteiger partial charge is 0.318 e. The number of hydrogen-bond donors (Lipinski definition) is 1. The Morgan fingerprint density at radius 2 is 2.23 bits per heavy atom. The van der Waals surface area contributed by atoms with Crippen molar-refractivity contribution in [2.24, 2.45) is 17.8 Å². The van der Waals surface area contributed by atoms with Crippen molar-refractivity contribution in [2.75, 3.05) is 13.7 Å². The number of carbonyl (C=O) groups is 2. The second-order valence-corrected chi connectivity index (χ2v) is 3.65. The summed E-state index contributed by atoms with van der Waals surface area (Å²) in [6.07, 6.45) is 0. The zero-order chi connectivity index (χ0) is 10.0. The molecule has 1 saturated heterocycles. The van der Waals surface area contributed by atoms with Crippen molar-refractivity contribution in [1.29, 1.82) is 0 Å². The molecule has 1 aliphatic heterocycles. The first kappa shape index (κ1) is 10.0. The number of esters is 1. The molecule has 0 unspecified atom stereocenters. The summed E-state index contributed by atoms with van der Waals surface area (Å²) in [7, 11) is 1.31. The van der Waals surface area contributed by atoms with Gasteiger partial charge in [0.05, 0.1) is 7.11 Å². The Bertz CT molecular complexity index is 225. The minimum absolute atomic E-state index is 0.0694. The Labute approximate surface area is 77.6 Å². The van der Waals surface area contributed by atoms with Gasteiger partial charge in [-0.05, 0) is 5.92 Å². The van der Waals surface area contributed by atoms with Crippen LogP contribution in [0, 0.1) is 17.8 Å². The molecule has 2 atom stereocenters. The molecule has 0 radical (unpaired) electrons. The standard InChI is InChI=1S/C9H15NO3/c1-5(2)6-4-10-8(11)7(6)9(12)13-3/h5-7H,4H2,1-3H3,(H,10,11)/t6-,7+/m0/s1. The molecule has 1 rings (SSSR count). The predicted molar refractivity (Wildman–Crippen MR) is 46.8 cm³/mol. The van der Waals surface area contributed by atoms with E-state index in [-0.39, 0.29) is 11.8 Å². The molecule has 0 aromatic rings. The van der Waals surface area contributed by atoms with E-state index in [9.17, 15) is 9.59 Å². The van der Waals surface area contributed by atoms with E-state index in [0.29, 0.717) is 12.5 Å². The van der Waals surface area contributed by atoms with Gasteiger partial charge in [0.15, 0.2) is 0 Å². The minimum Gasteiger partial charge on any atom is -0.468 e. The van der Waals surface area contributed by atoms with Crippen LogP contribution in [0.2, 0.25) is 0 Å². The van der Waals surface area contributed by atoms with Crippen molar-refractivity contribution in [1.82, 2.24) is 5.32 Å². The Morgan fingerprint density at radius 3 is 2.69 bits per heavy atom. The molecule has 0 saturated carbocycles. The third kappa shape index (κ3) is 1.82. The van der Waals surface area contributed by atoms with E-state index in [1.807, 2.05) is 13.8 Å². The number of carbonyl (C=O) groups excluding carboxylic acids is 2. The SMILES string of the molecule is COC(=O)[C@H]1C(=O)NC[C@H]1C(C)C. The number of hydrogen-bond acceptors (Lipinski definition) is 3. The van der Waals surface area contributed by atoms with Crippen molar-refractivity contribution >= 4 is 11.9 Å². The molecule has 0 aliphatic carbocycles. The minimum atomic E-state index is -0.606. The van der Waals surface area contributed by atoms with Crippen LogP contribution in [0.5, 0.6) is 0 Å². The van der Waals surface area contributed by atoms with E-state index in [1.165, 1.54) is 7.11 Å². The van der Waals surface area contributed by atoms with Crippen molar-refractivity contribution in [3.05, 3.63) is 0 Å². The Kier molecular flexibility index (Phi) is 2.90. The molecule has 1 aliphatic rings. The molecule has 74 valence electrons. The Morgan fingerprint density at radius 1 is 1.62 bits per heavy atom. The van der Waals surface area contributed by atoms with Crippen molar-refractivity contribution in [3.63, 3.8) is 0 Å². The third-order valence-electron chi connectivity index (χ3n) is 2.53. The van der Waals surface area contributed by atoms with Crippen LogP contribution >= 0.6 is 0 Å². The van der Waals surface area contributed by atoms with E-state index >= 15 is 0 Å². The number of nitrogens with one attached hydrogen (secondary N) is 1. The van der Waals surface area contributed by atoms with Gasteiger partial charge >= 0.3 is 5.97 Å². The maximum Gasteiger partial charge on any atom is 0.318 e. The first-order chi connectivity index (χ1) is 6.07. The lowest BCUT2D eigenvalue weighted by Crippen LogP contribution is -2.30. The average molecular weight is 185 g/mol. The zero-order valence-electron chi connectivity index (χ0n) is 8.16. The number of rotatable bonds is 2. The van der Waals surface area contributed by atoms with Crippen LogP contribution in [-0.2, 0) is 14.3 Å². The fourth-order valence-electron chi connectivity index (χ4n) is 1.67. The maximum atomic E-state index is 11.3. The normalized spacial score (nSPS) is 27.5. The lowest BCUT2D eigenvalue weighted by atomic mass is 9.86. The molecular formula is C9H15NO3. The summed E-state index contributed by atoms with van der Waals surface area (Å²) >= 11 is 0. The van der Waals surface area contributed by atoms with Crippen LogP contribution in [0.15, 0.2) is 0 Å². The van der Waals surface area contributed by atoms with Gasteiger partial charge in [-0.3, -0.25) is 9.59 Å². The van der Waals surface area contributed by atoms with Crippen molar-refractivity contribution in [3.8, 4) is 0 Å². The Balaban J connectivity index is 2.77. The zero-order valence-corrected chi connectivity index (χ0v) is 8.16. The topological polar surface area (TPSA) is 55.4 Å². The first-order valence-corrected chi connectivity index (χ1v) is 4.43. The lowest BCUT2D eigenvalue weighted by molar-refractivity contribution is -0.150. The Hall–Kier alpha value is -1.06. The van der Waals surface area contributed by atoms with Crippen LogP contribution in [0.25, 0.3) is 0 Å². The largest absolute Gasteiger partial charge is 0.468 e. The molecule has 1 fully saturated rings. The van der Waals surface area contributed by atoms with Gasteiger partial charge in [0.1, 0.15) is 5.92 Å². The molecule has 0 aromatic carbocycles. The predicted octanol–water partition coefficient (Wildman–Crippen LogP) is 0.178. The summed E-state index contributed by atoms with van der Waals surface area (Å²) in [6.45, 7) is 4.58. The van der Waals surface area contributed by atoms with E-state index in [1.54, 1.807) is 0 Å². The number of methoxy groups -OCH3 is 1. The van der Waals surface area contributed by atoms with E-state index in [4.69, 9.17) is 0 Å². The molecule has 1 heterocycles. The van der Waals surface area contributed by atoms with Gasteiger partial charge in [-0.1, -0.05) is 13.8 Å². The van der Waals surface area contributed by atoms with Gasteiger partial charge in [0, 0.05) is 12.5 Å². The summed E-state index contributed by atoms with van der Waals surface area (Å²) in [4.78, 5) is 22.5. The van der Waals surface area contributed by atoms with Crippen LogP contribution in [0.3, 0.4) is 0 Å². The highest BCUT2D eigenvalue weighted by atomic mass is 16.5. The number of amides is 1. The molecule has 0 bridgehead atoms. The summed E-state index contributed by atoms with van der Waals surface area (Å²) in [5.41, 5.74) is 0. The average Bonchev–Trinajstić information content (AvgIpc) is 2.46. The second kappa shape index (κ2) is 3.77. The molecule has 1 N–H and O–H groups in total. The highest BCUT2D eigenvalue weighted by Gasteiger charge is 2.42. The highest BCUT2D eigenvalue weighted by molar-refractivity contribution is 5.99. The molecule has 0 spiro atoms. The summed E-state index contributed by atoms with van der Waals surface area (Å²) in [6, 6.07) is 0. The molecular weight excluding hydrogens is 170 g/mol. The van der Waals surface area contributed by atoms with E-state index in [2.05, 4.69) is 10.1 Å². The fraction of sp³-hybridized carbons (Fsp3) is 0.778. The van der Waals surface area contributed by atoms with Crippen LogP contribution < -0.4 is 5.32 Å². The molecule has 0 aromatic heterocycles. The maximum absolute atomic E-state index is 11.3. The van der Waals surface area contributed by atoms with Crippen molar-refractivity contribution in [2.45, 2.75) is 13.8 Å². The van der Waals surface area contributed by atoms with E-state index in [0.717, 1.165) is 0 Å². The fourth-order valence-corrected chi connectivity index (χ4v) is 1.67. The van der Waals surface area contributed by atoms with Gasteiger partial charge in [-0.25, -0.2) is 0 Å². The second-order valence-electron chi connectivity index (χ2n) is 3.65.